The molecule has 3 aliphatic rings. The molecule has 0 spiro atoms. The third-order valence-electron chi connectivity index (χ3n) is 5.53. The van der Waals surface area contributed by atoms with Gasteiger partial charge in [-0.2, -0.15) is 15.1 Å². The van der Waals surface area contributed by atoms with Gasteiger partial charge in [-0.05, 0) is 59.8 Å². The van der Waals surface area contributed by atoms with E-state index in [4.69, 9.17) is 10.1 Å². The number of nitrogens with one attached hydrogen (secondary N) is 1. The van der Waals surface area contributed by atoms with Crippen molar-refractivity contribution < 1.29 is 14.3 Å². The Morgan fingerprint density at radius 3 is 2.81 bits per heavy atom. The number of rotatable bonds is 4. The van der Waals surface area contributed by atoms with Gasteiger partial charge in [0.1, 0.15) is 15.7 Å². The highest BCUT2D eigenvalue weighted by Crippen LogP contribution is 2.36. The lowest BCUT2D eigenvalue weighted by Crippen LogP contribution is -2.35. The van der Waals surface area contributed by atoms with Gasteiger partial charge in [0.15, 0.2) is 5.84 Å². The first-order valence-electron chi connectivity index (χ1n) is 10.4. The number of hydrazone groups is 1. The summed E-state index contributed by atoms with van der Waals surface area (Å²) in [5.74, 6) is -0.133. The van der Waals surface area contributed by atoms with Crippen LogP contribution < -0.4 is 4.74 Å². The van der Waals surface area contributed by atoms with Crippen molar-refractivity contribution in [2.75, 3.05) is 0 Å². The highest BCUT2D eigenvalue weighted by molar-refractivity contribution is 8.27. The fourth-order valence-electron chi connectivity index (χ4n) is 3.91. The molecule has 9 heteroatoms. The number of amidine groups is 2. The second-order valence-corrected chi connectivity index (χ2v) is 9.67. The van der Waals surface area contributed by atoms with Crippen LogP contribution in [0.15, 0.2) is 57.4 Å². The summed E-state index contributed by atoms with van der Waals surface area (Å²) in [5, 5.41) is 17.9. The molecule has 32 heavy (non-hydrogen) atoms. The number of thiophene rings is 1. The maximum atomic E-state index is 12.7. The number of carbonyl (C=O) groups excluding carboxylic acids is 2. The molecule has 1 aromatic carbocycles. The number of amides is 1. The molecule has 0 atom stereocenters. The molecule has 1 aliphatic carbocycles. The average molecular weight is 465 g/mol. The standard InChI is InChI=1S/C23H20N4O3S2/c24-19-17(13-14-6-4-9-16(12-14)30-22(29)18-10-5-11-31-18)20(28)25-23-27(19)26-21(32-23)15-7-2-1-3-8-15/h4-6,9-13,15,24H,1-3,7-8H2/b17-13-,24-19?. The quantitative estimate of drug-likeness (QED) is 0.383. The van der Waals surface area contributed by atoms with Gasteiger partial charge in [0.25, 0.3) is 5.91 Å². The summed E-state index contributed by atoms with van der Waals surface area (Å²) in [5.41, 5.74) is 0.793. The first-order valence-corrected chi connectivity index (χ1v) is 12.1. The highest BCUT2D eigenvalue weighted by Gasteiger charge is 2.37. The van der Waals surface area contributed by atoms with Crippen molar-refractivity contribution in [1.29, 1.82) is 5.41 Å². The van der Waals surface area contributed by atoms with Crippen LogP contribution in [0, 0.1) is 11.3 Å². The maximum Gasteiger partial charge on any atom is 0.353 e. The normalized spacial score (nSPS) is 20.2. The van der Waals surface area contributed by atoms with Crippen LogP contribution in [0.1, 0.15) is 47.3 Å². The Bertz CT molecular complexity index is 1180. The van der Waals surface area contributed by atoms with E-state index in [0.717, 1.165) is 17.9 Å². The number of carbonyl (C=O) groups is 2. The van der Waals surface area contributed by atoms with E-state index in [1.165, 1.54) is 47.4 Å². The Morgan fingerprint density at radius 1 is 1.19 bits per heavy atom. The Labute approximate surface area is 193 Å². The second kappa shape index (κ2) is 8.84. The monoisotopic (exact) mass is 464 g/mol. The molecule has 0 radical (unpaired) electrons. The van der Waals surface area contributed by atoms with Crippen LogP contribution >= 0.6 is 23.1 Å². The summed E-state index contributed by atoms with van der Waals surface area (Å²) in [4.78, 5) is 29.6. The van der Waals surface area contributed by atoms with Crippen molar-refractivity contribution in [1.82, 2.24) is 5.01 Å². The van der Waals surface area contributed by atoms with E-state index in [2.05, 4.69) is 10.1 Å². The van der Waals surface area contributed by atoms with Crippen LogP contribution in [0.5, 0.6) is 5.75 Å². The minimum Gasteiger partial charge on any atom is -0.422 e. The molecule has 1 aromatic heterocycles. The maximum absolute atomic E-state index is 12.7. The minimum atomic E-state index is -0.463. The van der Waals surface area contributed by atoms with Crippen molar-refractivity contribution in [3.8, 4) is 5.75 Å². The largest absolute Gasteiger partial charge is 0.422 e. The SMILES string of the molecule is N=C1/C(=C/c2cccc(OC(=O)c3cccs3)c2)C(=O)N=C2SC(C3CCCCC3)=NN12. The third-order valence-corrected chi connectivity index (χ3v) is 7.45. The smallest absolute Gasteiger partial charge is 0.353 e. The second-order valence-electron chi connectivity index (χ2n) is 7.73. The van der Waals surface area contributed by atoms with E-state index in [1.54, 1.807) is 42.5 Å². The van der Waals surface area contributed by atoms with Crippen molar-refractivity contribution in [3.05, 3.63) is 57.8 Å². The molecule has 1 fully saturated rings. The van der Waals surface area contributed by atoms with Crippen LogP contribution in [0.2, 0.25) is 0 Å². The zero-order valence-electron chi connectivity index (χ0n) is 17.1. The summed E-state index contributed by atoms with van der Waals surface area (Å²) in [6, 6.07) is 10.3. The predicted octanol–water partition coefficient (Wildman–Crippen LogP) is 5.17. The third kappa shape index (κ3) is 4.18. The van der Waals surface area contributed by atoms with E-state index in [9.17, 15) is 9.59 Å². The number of ether oxygens (including phenoxy) is 1. The molecule has 5 rings (SSSR count). The summed E-state index contributed by atoms with van der Waals surface area (Å²) < 4.78 is 5.43. The fraction of sp³-hybridized carbons (Fsp3) is 0.261. The summed E-state index contributed by atoms with van der Waals surface area (Å²) in [6.45, 7) is 0. The molecule has 2 aromatic rings. The summed E-state index contributed by atoms with van der Waals surface area (Å²) in [6.07, 6.45) is 7.40. The van der Waals surface area contributed by atoms with Crippen molar-refractivity contribution in [2.45, 2.75) is 32.1 Å². The minimum absolute atomic E-state index is 0.0132. The lowest BCUT2D eigenvalue weighted by molar-refractivity contribution is -0.114. The van der Waals surface area contributed by atoms with Gasteiger partial charge in [0.2, 0.25) is 5.17 Å². The Balaban J connectivity index is 1.36. The van der Waals surface area contributed by atoms with E-state index in [-0.39, 0.29) is 11.4 Å². The van der Waals surface area contributed by atoms with Crippen molar-refractivity contribution in [3.63, 3.8) is 0 Å². The molecule has 1 N–H and O–H groups in total. The molecule has 3 heterocycles. The lowest BCUT2D eigenvalue weighted by Gasteiger charge is -2.20. The van der Waals surface area contributed by atoms with E-state index >= 15 is 0 Å². The summed E-state index contributed by atoms with van der Waals surface area (Å²) in [7, 11) is 0. The number of hydrogen-bond donors (Lipinski definition) is 1. The van der Waals surface area contributed by atoms with Gasteiger partial charge in [0.05, 0.1) is 5.57 Å². The number of thioether (sulfide) groups is 1. The van der Waals surface area contributed by atoms with E-state index in [0.29, 0.717) is 27.3 Å². The van der Waals surface area contributed by atoms with Gasteiger partial charge >= 0.3 is 5.97 Å². The van der Waals surface area contributed by atoms with Crippen LogP contribution in [-0.2, 0) is 4.79 Å². The highest BCUT2D eigenvalue weighted by atomic mass is 32.2. The van der Waals surface area contributed by atoms with Gasteiger partial charge < -0.3 is 4.74 Å². The number of fused-ring (bicyclic) bond motifs is 1. The van der Waals surface area contributed by atoms with Crippen molar-refractivity contribution in [2.24, 2.45) is 16.0 Å². The molecular formula is C23H20N4O3S2. The number of nitrogens with zero attached hydrogens (tertiary/aromatic N) is 3. The molecule has 0 saturated heterocycles. The first kappa shape index (κ1) is 20.8. The van der Waals surface area contributed by atoms with Crippen LogP contribution in [-0.4, -0.2) is 32.9 Å². The van der Waals surface area contributed by atoms with Crippen molar-refractivity contribution >= 4 is 57.1 Å². The van der Waals surface area contributed by atoms with Crippen LogP contribution in [0.3, 0.4) is 0 Å². The molecule has 7 nitrogen and oxygen atoms in total. The fourth-order valence-corrected chi connectivity index (χ4v) is 5.57. The average Bonchev–Trinajstić information content (AvgIpc) is 3.48. The first-order chi connectivity index (χ1) is 15.6. The molecule has 1 amide bonds. The molecule has 2 aliphatic heterocycles. The molecule has 0 unspecified atom stereocenters. The number of esters is 1. The Morgan fingerprint density at radius 2 is 2.03 bits per heavy atom. The van der Waals surface area contributed by atoms with Gasteiger partial charge in [-0.3, -0.25) is 10.2 Å². The number of aliphatic imine (C=N–C) groups is 1. The molecule has 0 bridgehead atoms. The Hall–Kier alpha value is -3.04. The van der Waals surface area contributed by atoms with E-state index < -0.39 is 11.9 Å². The van der Waals surface area contributed by atoms with Crippen LogP contribution in [0.4, 0.5) is 0 Å². The zero-order chi connectivity index (χ0) is 22.1. The molecule has 162 valence electrons. The van der Waals surface area contributed by atoms with Gasteiger partial charge in [-0.15, -0.1) is 11.3 Å². The van der Waals surface area contributed by atoms with Gasteiger partial charge in [-0.25, -0.2) is 4.79 Å². The predicted molar refractivity (Wildman–Crippen MR) is 127 cm³/mol. The number of hydrogen-bond acceptors (Lipinski definition) is 7. The Kier molecular flexibility index (Phi) is 5.75. The molecule has 1 saturated carbocycles. The van der Waals surface area contributed by atoms with Crippen LogP contribution in [0.25, 0.3) is 6.08 Å². The number of benzene rings is 1. The van der Waals surface area contributed by atoms with Gasteiger partial charge in [0, 0.05) is 5.92 Å². The van der Waals surface area contributed by atoms with Gasteiger partial charge in [-0.1, -0.05) is 37.5 Å². The summed E-state index contributed by atoms with van der Waals surface area (Å²) >= 11 is 2.71. The topological polar surface area (TPSA) is 95.2 Å². The zero-order valence-corrected chi connectivity index (χ0v) is 18.7. The lowest BCUT2D eigenvalue weighted by atomic mass is 9.90. The van der Waals surface area contributed by atoms with E-state index in [1.807, 2.05) is 5.38 Å². The molecular weight excluding hydrogens is 444 g/mol.